The Labute approximate surface area is 209 Å². The molecule has 5 amide bonds. The number of para-hydroxylation sites is 1. The first-order valence-corrected chi connectivity index (χ1v) is 12.3. The minimum atomic E-state index is -0.655. The zero-order valence-corrected chi connectivity index (χ0v) is 21.3. The molecule has 1 fully saturated rings. The smallest absolute Gasteiger partial charge is 0.322 e. The van der Waals surface area contributed by atoms with E-state index in [1.165, 1.54) is 0 Å². The predicted molar refractivity (Wildman–Crippen MR) is 138 cm³/mol. The Morgan fingerprint density at radius 2 is 1.65 bits per heavy atom. The molecule has 1 aliphatic rings. The highest BCUT2D eigenvalue weighted by Crippen LogP contribution is 2.18. The van der Waals surface area contributed by atoms with E-state index in [2.05, 4.69) is 31.9 Å². The van der Waals surface area contributed by atoms with Gasteiger partial charge in [-0.2, -0.15) is 0 Å². The maximum absolute atomic E-state index is 13.4. The molecule has 3 atom stereocenters. The summed E-state index contributed by atoms with van der Waals surface area (Å²) in [6.45, 7) is 7.11. The molecule has 3 unspecified atom stereocenters. The fourth-order valence-electron chi connectivity index (χ4n) is 3.90. The molecule has 182 valence electrons. The van der Waals surface area contributed by atoms with Crippen LogP contribution in [0.2, 0.25) is 0 Å². The van der Waals surface area contributed by atoms with E-state index in [4.69, 9.17) is 0 Å². The lowest BCUT2D eigenvalue weighted by atomic mass is 9.97. The Kier molecular flexibility index (Phi) is 8.92. The first-order valence-electron chi connectivity index (χ1n) is 11.5. The minimum Gasteiger partial charge on any atom is -0.337 e. The Morgan fingerprint density at radius 1 is 1.00 bits per heavy atom. The third-order valence-electron chi connectivity index (χ3n) is 6.09. The number of halogens is 1. The van der Waals surface area contributed by atoms with E-state index in [1.54, 1.807) is 21.9 Å². The van der Waals surface area contributed by atoms with Gasteiger partial charge < -0.3 is 25.8 Å². The van der Waals surface area contributed by atoms with Crippen molar-refractivity contribution < 1.29 is 14.4 Å². The van der Waals surface area contributed by atoms with Crippen LogP contribution in [0.4, 0.5) is 21.0 Å². The molecule has 3 N–H and O–H groups in total. The second kappa shape index (κ2) is 11.9. The monoisotopic (exact) mass is 529 g/mol. The highest BCUT2D eigenvalue weighted by atomic mass is 79.9. The van der Waals surface area contributed by atoms with Crippen LogP contribution in [0, 0.1) is 5.92 Å². The van der Waals surface area contributed by atoms with Crippen molar-refractivity contribution in [2.75, 3.05) is 30.3 Å². The van der Waals surface area contributed by atoms with E-state index in [0.29, 0.717) is 25.3 Å². The number of urea groups is 2. The molecular weight excluding hydrogens is 498 g/mol. The summed E-state index contributed by atoms with van der Waals surface area (Å²) in [4.78, 5) is 42.2. The van der Waals surface area contributed by atoms with Crippen molar-refractivity contribution in [1.29, 1.82) is 0 Å². The molecule has 0 radical (unpaired) electrons. The summed E-state index contributed by atoms with van der Waals surface area (Å²) < 4.78 is 0.914. The second-order valence-electron chi connectivity index (χ2n) is 8.59. The van der Waals surface area contributed by atoms with E-state index in [9.17, 15) is 14.4 Å². The van der Waals surface area contributed by atoms with Gasteiger partial charge in [-0.1, -0.05) is 54.4 Å². The fraction of sp³-hybridized carbons (Fsp3) is 0.400. The number of carbonyl (C=O) groups excluding carboxylic acids is 3. The van der Waals surface area contributed by atoms with E-state index < -0.39 is 12.1 Å². The molecule has 1 heterocycles. The standard InChI is InChI=1S/C25H32BrN5O3/c1-4-17(2)22(29-24(33)27-21-12-10-19(26)11-13-21)23(32)30-14-15-31(18(3)16-30)25(34)28-20-8-6-5-7-9-20/h5-13,17-18,22H,4,14-16H2,1-3H3,(H,28,34)(H2,27,29,33). The van der Waals surface area contributed by atoms with Crippen molar-refractivity contribution >= 4 is 45.3 Å². The summed E-state index contributed by atoms with van der Waals surface area (Å²) >= 11 is 3.37. The molecular formula is C25H32BrN5O3. The molecule has 1 aliphatic heterocycles. The van der Waals surface area contributed by atoms with Gasteiger partial charge in [-0.3, -0.25) is 4.79 Å². The zero-order valence-electron chi connectivity index (χ0n) is 19.8. The van der Waals surface area contributed by atoms with Crippen LogP contribution in [0.1, 0.15) is 27.2 Å². The molecule has 0 aliphatic carbocycles. The Bertz CT molecular complexity index is 986. The number of piperazine rings is 1. The number of nitrogens with zero attached hydrogens (tertiary/aromatic N) is 2. The van der Waals surface area contributed by atoms with Gasteiger partial charge in [0, 0.05) is 41.5 Å². The van der Waals surface area contributed by atoms with Crippen LogP contribution >= 0.6 is 15.9 Å². The SMILES string of the molecule is CCC(C)C(NC(=O)Nc1ccc(Br)cc1)C(=O)N1CCN(C(=O)Nc2ccccc2)C(C)C1. The maximum atomic E-state index is 13.4. The number of carbonyl (C=O) groups is 3. The van der Waals surface area contributed by atoms with Gasteiger partial charge >= 0.3 is 12.1 Å². The Hall–Kier alpha value is -3.07. The van der Waals surface area contributed by atoms with Gasteiger partial charge in [0.15, 0.2) is 0 Å². The van der Waals surface area contributed by atoms with Crippen molar-refractivity contribution in [2.24, 2.45) is 5.92 Å². The average Bonchev–Trinajstić information content (AvgIpc) is 2.83. The third kappa shape index (κ3) is 6.72. The molecule has 2 aromatic carbocycles. The Morgan fingerprint density at radius 3 is 2.26 bits per heavy atom. The molecule has 2 aromatic rings. The molecule has 0 spiro atoms. The van der Waals surface area contributed by atoms with Gasteiger partial charge in [-0.05, 0) is 49.2 Å². The number of amides is 5. The van der Waals surface area contributed by atoms with Gasteiger partial charge in [0.05, 0.1) is 0 Å². The lowest BCUT2D eigenvalue weighted by Crippen LogP contribution is -2.60. The summed E-state index contributed by atoms with van der Waals surface area (Å²) in [6, 6.07) is 15.1. The molecule has 34 heavy (non-hydrogen) atoms. The minimum absolute atomic E-state index is 0.0436. The largest absolute Gasteiger partial charge is 0.337 e. The number of hydrogen-bond donors (Lipinski definition) is 3. The first-order chi connectivity index (χ1) is 16.3. The van der Waals surface area contributed by atoms with Crippen LogP contribution in [-0.4, -0.2) is 59.5 Å². The summed E-state index contributed by atoms with van der Waals surface area (Å²) in [5.74, 6) is -0.173. The summed E-state index contributed by atoms with van der Waals surface area (Å²) in [5.41, 5.74) is 1.37. The molecule has 1 saturated heterocycles. The van der Waals surface area contributed by atoms with Crippen LogP contribution in [0.25, 0.3) is 0 Å². The van der Waals surface area contributed by atoms with Crippen LogP contribution in [-0.2, 0) is 4.79 Å². The average molecular weight is 530 g/mol. The quantitative estimate of drug-likeness (QED) is 0.503. The molecule has 9 heteroatoms. The predicted octanol–water partition coefficient (Wildman–Crippen LogP) is 4.75. The van der Waals surface area contributed by atoms with Gasteiger partial charge in [-0.25, -0.2) is 9.59 Å². The van der Waals surface area contributed by atoms with Gasteiger partial charge in [0.2, 0.25) is 5.91 Å². The van der Waals surface area contributed by atoms with Crippen LogP contribution in [0.3, 0.4) is 0 Å². The second-order valence-corrected chi connectivity index (χ2v) is 9.51. The Balaban J connectivity index is 1.60. The number of hydrogen-bond acceptors (Lipinski definition) is 3. The van der Waals surface area contributed by atoms with E-state index in [-0.39, 0.29) is 23.9 Å². The number of rotatable bonds is 6. The number of anilines is 2. The summed E-state index contributed by atoms with van der Waals surface area (Å²) in [7, 11) is 0. The molecule has 8 nitrogen and oxygen atoms in total. The van der Waals surface area contributed by atoms with Crippen molar-refractivity contribution in [3.05, 3.63) is 59.1 Å². The zero-order chi connectivity index (χ0) is 24.7. The van der Waals surface area contributed by atoms with E-state index in [0.717, 1.165) is 16.6 Å². The highest BCUT2D eigenvalue weighted by Gasteiger charge is 2.35. The number of nitrogens with one attached hydrogen (secondary N) is 3. The summed E-state index contributed by atoms with van der Waals surface area (Å²) in [5, 5.41) is 8.56. The lowest BCUT2D eigenvalue weighted by molar-refractivity contribution is -0.136. The third-order valence-corrected chi connectivity index (χ3v) is 6.62. The van der Waals surface area contributed by atoms with Gasteiger partial charge in [-0.15, -0.1) is 0 Å². The van der Waals surface area contributed by atoms with E-state index >= 15 is 0 Å². The highest BCUT2D eigenvalue weighted by molar-refractivity contribution is 9.10. The van der Waals surface area contributed by atoms with Crippen molar-refractivity contribution in [3.63, 3.8) is 0 Å². The molecule has 0 saturated carbocycles. The van der Waals surface area contributed by atoms with Crippen molar-refractivity contribution in [2.45, 2.75) is 39.3 Å². The molecule has 3 rings (SSSR count). The maximum Gasteiger partial charge on any atom is 0.322 e. The number of benzene rings is 2. The van der Waals surface area contributed by atoms with Gasteiger partial charge in [0.25, 0.3) is 0 Å². The lowest BCUT2D eigenvalue weighted by Gasteiger charge is -2.41. The van der Waals surface area contributed by atoms with Crippen molar-refractivity contribution in [3.8, 4) is 0 Å². The van der Waals surface area contributed by atoms with Crippen molar-refractivity contribution in [1.82, 2.24) is 15.1 Å². The molecule has 0 aromatic heterocycles. The van der Waals surface area contributed by atoms with E-state index in [1.807, 2.05) is 63.2 Å². The fourth-order valence-corrected chi connectivity index (χ4v) is 4.16. The van der Waals surface area contributed by atoms with Crippen LogP contribution in [0.15, 0.2) is 59.1 Å². The van der Waals surface area contributed by atoms with Crippen LogP contribution < -0.4 is 16.0 Å². The first kappa shape index (κ1) is 25.6. The normalized spacial score (nSPS) is 17.5. The summed E-state index contributed by atoms with van der Waals surface area (Å²) in [6.07, 6.45) is 0.740. The molecule has 0 bridgehead atoms. The van der Waals surface area contributed by atoms with Crippen LogP contribution in [0.5, 0.6) is 0 Å². The van der Waals surface area contributed by atoms with Gasteiger partial charge in [0.1, 0.15) is 6.04 Å². The topological polar surface area (TPSA) is 93.8 Å².